The van der Waals surface area contributed by atoms with E-state index in [1.54, 1.807) is 4.90 Å². The van der Waals surface area contributed by atoms with E-state index in [1.807, 2.05) is 0 Å². The molecular formula is C13H14BrFN2O3. The Morgan fingerprint density at radius 3 is 3.00 bits per heavy atom. The van der Waals surface area contributed by atoms with E-state index in [1.165, 1.54) is 18.2 Å². The van der Waals surface area contributed by atoms with Crippen molar-refractivity contribution < 1.29 is 18.7 Å². The van der Waals surface area contributed by atoms with Gasteiger partial charge in [-0.25, -0.2) is 4.39 Å². The summed E-state index contributed by atoms with van der Waals surface area (Å²) in [6.45, 7) is 1.17. The minimum Gasteiger partial charge on any atom is -0.483 e. The average Bonchev–Trinajstić information content (AvgIpc) is 2.62. The molecule has 0 unspecified atom stereocenters. The Morgan fingerprint density at radius 1 is 1.45 bits per heavy atom. The van der Waals surface area contributed by atoms with Gasteiger partial charge in [-0.15, -0.1) is 0 Å². The fourth-order valence-electron chi connectivity index (χ4n) is 1.84. The standard InChI is InChI=1S/C13H14BrFN2O3/c14-10-7-9(15)1-2-11(10)20-8-13(19)17-5-3-12(18)16-4-6-17/h1-2,7H,3-6,8H2,(H,16,18). The van der Waals surface area contributed by atoms with Crippen LogP contribution in [0.3, 0.4) is 0 Å². The zero-order valence-corrected chi connectivity index (χ0v) is 12.3. The molecular weight excluding hydrogens is 331 g/mol. The van der Waals surface area contributed by atoms with Crippen molar-refractivity contribution in [2.75, 3.05) is 26.2 Å². The fourth-order valence-corrected chi connectivity index (χ4v) is 2.30. The first kappa shape index (κ1) is 14.8. The molecule has 1 N–H and O–H groups in total. The zero-order valence-electron chi connectivity index (χ0n) is 10.7. The van der Waals surface area contributed by atoms with Crippen LogP contribution in [0.4, 0.5) is 4.39 Å². The van der Waals surface area contributed by atoms with Crippen molar-refractivity contribution in [2.24, 2.45) is 0 Å². The van der Waals surface area contributed by atoms with E-state index in [0.29, 0.717) is 36.3 Å². The summed E-state index contributed by atoms with van der Waals surface area (Å²) in [5, 5.41) is 2.70. The van der Waals surface area contributed by atoms with E-state index in [0.717, 1.165) is 0 Å². The molecule has 0 radical (unpaired) electrons. The Kier molecular flexibility index (Phi) is 4.94. The Labute approximate surface area is 124 Å². The van der Waals surface area contributed by atoms with Crippen LogP contribution >= 0.6 is 15.9 Å². The minimum absolute atomic E-state index is 0.0532. The monoisotopic (exact) mass is 344 g/mol. The van der Waals surface area contributed by atoms with Crippen molar-refractivity contribution in [1.29, 1.82) is 0 Å². The first-order valence-corrected chi connectivity index (χ1v) is 6.98. The number of carbonyl (C=O) groups excluding carboxylic acids is 2. The summed E-state index contributed by atoms with van der Waals surface area (Å²) in [7, 11) is 0. The smallest absolute Gasteiger partial charge is 0.260 e. The van der Waals surface area contributed by atoms with Crippen LogP contribution in [-0.2, 0) is 9.59 Å². The summed E-state index contributed by atoms with van der Waals surface area (Å²) in [6.07, 6.45) is 0.298. The second kappa shape index (κ2) is 6.69. The maximum Gasteiger partial charge on any atom is 0.260 e. The number of hydrogen-bond acceptors (Lipinski definition) is 3. The number of hydrogen-bond donors (Lipinski definition) is 1. The van der Waals surface area contributed by atoms with Gasteiger partial charge in [0.05, 0.1) is 4.47 Å². The van der Waals surface area contributed by atoms with Crippen LogP contribution in [0.25, 0.3) is 0 Å². The summed E-state index contributed by atoms with van der Waals surface area (Å²) in [6, 6.07) is 3.99. The molecule has 1 saturated heterocycles. The molecule has 1 heterocycles. The van der Waals surface area contributed by atoms with Gasteiger partial charge in [0, 0.05) is 26.1 Å². The molecule has 5 nitrogen and oxygen atoms in total. The molecule has 0 spiro atoms. The van der Waals surface area contributed by atoms with E-state index < -0.39 is 0 Å². The Balaban J connectivity index is 1.89. The third kappa shape index (κ3) is 3.93. The Hall–Kier alpha value is -1.63. The predicted octanol–water partition coefficient (Wildman–Crippen LogP) is 1.32. The van der Waals surface area contributed by atoms with E-state index in [-0.39, 0.29) is 24.2 Å². The van der Waals surface area contributed by atoms with Crippen molar-refractivity contribution in [1.82, 2.24) is 10.2 Å². The van der Waals surface area contributed by atoms with Crippen molar-refractivity contribution in [3.63, 3.8) is 0 Å². The molecule has 1 aliphatic rings. The highest BCUT2D eigenvalue weighted by Gasteiger charge is 2.19. The molecule has 0 atom stereocenters. The summed E-state index contributed by atoms with van der Waals surface area (Å²) >= 11 is 3.17. The number of amides is 2. The van der Waals surface area contributed by atoms with Crippen molar-refractivity contribution in [3.8, 4) is 5.75 Å². The van der Waals surface area contributed by atoms with Crippen molar-refractivity contribution in [2.45, 2.75) is 6.42 Å². The molecule has 7 heteroatoms. The van der Waals surface area contributed by atoms with Gasteiger partial charge in [-0.3, -0.25) is 9.59 Å². The highest BCUT2D eigenvalue weighted by atomic mass is 79.9. The third-order valence-electron chi connectivity index (χ3n) is 2.91. The van der Waals surface area contributed by atoms with Gasteiger partial charge in [0.2, 0.25) is 5.91 Å². The number of benzene rings is 1. The van der Waals surface area contributed by atoms with Crippen LogP contribution in [0.15, 0.2) is 22.7 Å². The lowest BCUT2D eigenvalue weighted by Crippen LogP contribution is -2.37. The summed E-state index contributed by atoms with van der Waals surface area (Å²) in [5.74, 6) is -0.225. The Bertz CT molecular complexity index is 524. The molecule has 20 heavy (non-hydrogen) atoms. The largest absolute Gasteiger partial charge is 0.483 e. The van der Waals surface area contributed by atoms with Crippen molar-refractivity contribution in [3.05, 3.63) is 28.5 Å². The molecule has 108 valence electrons. The molecule has 0 saturated carbocycles. The molecule has 1 fully saturated rings. The number of carbonyl (C=O) groups is 2. The van der Waals surface area contributed by atoms with Crippen LogP contribution in [0.2, 0.25) is 0 Å². The first-order valence-electron chi connectivity index (χ1n) is 6.18. The highest BCUT2D eigenvalue weighted by molar-refractivity contribution is 9.10. The van der Waals surface area contributed by atoms with Gasteiger partial charge in [0.25, 0.3) is 5.91 Å². The van der Waals surface area contributed by atoms with Crippen LogP contribution in [0, 0.1) is 5.82 Å². The third-order valence-corrected chi connectivity index (χ3v) is 3.53. The van der Waals surface area contributed by atoms with E-state index in [4.69, 9.17) is 4.74 Å². The Morgan fingerprint density at radius 2 is 2.25 bits per heavy atom. The lowest BCUT2D eigenvalue weighted by atomic mass is 10.3. The SMILES string of the molecule is O=C1CCN(C(=O)COc2ccc(F)cc2Br)CCN1. The summed E-state index contributed by atoms with van der Waals surface area (Å²) in [5.41, 5.74) is 0. The molecule has 0 bridgehead atoms. The second-order valence-corrected chi connectivity index (χ2v) is 5.20. The number of ether oxygens (including phenoxy) is 1. The normalized spacial score (nSPS) is 15.5. The first-order chi connectivity index (χ1) is 9.56. The fraction of sp³-hybridized carbons (Fsp3) is 0.385. The summed E-state index contributed by atoms with van der Waals surface area (Å²) in [4.78, 5) is 24.7. The van der Waals surface area contributed by atoms with Gasteiger partial charge in [-0.2, -0.15) is 0 Å². The zero-order chi connectivity index (χ0) is 14.5. The molecule has 1 aliphatic heterocycles. The van der Waals surface area contributed by atoms with E-state index in [2.05, 4.69) is 21.2 Å². The molecule has 0 aliphatic carbocycles. The second-order valence-electron chi connectivity index (χ2n) is 4.34. The van der Waals surface area contributed by atoms with Gasteiger partial charge in [0.15, 0.2) is 6.61 Å². The number of nitrogens with one attached hydrogen (secondary N) is 1. The molecule has 0 aromatic heterocycles. The lowest BCUT2D eigenvalue weighted by molar-refractivity contribution is -0.133. The summed E-state index contributed by atoms with van der Waals surface area (Å²) < 4.78 is 18.7. The highest BCUT2D eigenvalue weighted by Crippen LogP contribution is 2.25. The quantitative estimate of drug-likeness (QED) is 0.899. The van der Waals surface area contributed by atoms with Gasteiger partial charge < -0.3 is 15.0 Å². The molecule has 1 aromatic carbocycles. The van der Waals surface area contributed by atoms with Gasteiger partial charge in [0.1, 0.15) is 11.6 Å². The topological polar surface area (TPSA) is 58.6 Å². The number of nitrogens with zero attached hydrogens (tertiary/aromatic N) is 1. The van der Waals surface area contributed by atoms with Crippen LogP contribution in [0.5, 0.6) is 5.75 Å². The lowest BCUT2D eigenvalue weighted by Gasteiger charge is -2.19. The predicted molar refractivity (Wildman–Crippen MR) is 73.8 cm³/mol. The van der Waals surface area contributed by atoms with Crippen LogP contribution < -0.4 is 10.1 Å². The van der Waals surface area contributed by atoms with Gasteiger partial charge in [-0.05, 0) is 34.1 Å². The maximum absolute atomic E-state index is 12.9. The van der Waals surface area contributed by atoms with Crippen LogP contribution in [0.1, 0.15) is 6.42 Å². The van der Waals surface area contributed by atoms with Gasteiger partial charge in [-0.1, -0.05) is 0 Å². The molecule has 2 amide bonds. The molecule has 2 rings (SSSR count). The van der Waals surface area contributed by atoms with Crippen LogP contribution in [-0.4, -0.2) is 43.0 Å². The van der Waals surface area contributed by atoms with E-state index in [9.17, 15) is 14.0 Å². The maximum atomic E-state index is 12.9. The molecule has 1 aromatic rings. The number of rotatable bonds is 3. The van der Waals surface area contributed by atoms with E-state index >= 15 is 0 Å². The average molecular weight is 345 g/mol. The van der Waals surface area contributed by atoms with Gasteiger partial charge >= 0.3 is 0 Å². The van der Waals surface area contributed by atoms with Crippen molar-refractivity contribution >= 4 is 27.7 Å². The minimum atomic E-state index is -0.382. The number of halogens is 2.